The van der Waals surface area contributed by atoms with E-state index in [0.717, 1.165) is 6.07 Å². The number of carbonyl (C=O) groups is 1. The Balaban J connectivity index is 2.10. The largest absolute Gasteiger partial charge is 0.507 e. The smallest absolute Gasteiger partial charge is 0.371 e. The third-order valence-corrected chi connectivity index (χ3v) is 3.44. The summed E-state index contributed by atoms with van der Waals surface area (Å²) in [5.41, 5.74) is 0.390. The first-order chi connectivity index (χ1) is 12.0. The lowest BCUT2D eigenvalue weighted by Gasteiger charge is -2.02. The number of hydrogen-bond acceptors (Lipinski definition) is 5. The van der Waals surface area contributed by atoms with Gasteiger partial charge < -0.3 is 19.4 Å². The van der Waals surface area contributed by atoms with E-state index in [1.165, 1.54) is 12.1 Å². The number of aromatic hydroxyl groups is 1. The van der Waals surface area contributed by atoms with Crippen LogP contribution in [0.4, 0.5) is 0 Å². The molecule has 0 unspecified atom stereocenters. The molecule has 25 heavy (non-hydrogen) atoms. The number of fused-ring (bicyclic) bond motifs is 1. The zero-order valence-corrected chi connectivity index (χ0v) is 13.1. The van der Waals surface area contributed by atoms with Crippen molar-refractivity contribution in [1.29, 1.82) is 0 Å². The number of benzene rings is 2. The van der Waals surface area contributed by atoms with Gasteiger partial charge in [-0.25, -0.2) is 4.79 Å². The molecule has 0 fully saturated rings. The standard InChI is InChI=1S/C19H12O6/c1-24-13-4-2-3-11(7-13)5-6-12-8-14(20)18-15(21)10-17(19(22)23)25-16(18)9-12/h2-4,7-10,20H,1H3,(H,22,23). The maximum absolute atomic E-state index is 12.0. The van der Waals surface area contributed by atoms with Crippen LogP contribution in [0, 0.1) is 11.8 Å². The van der Waals surface area contributed by atoms with Crippen LogP contribution in [0.1, 0.15) is 21.7 Å². The molecule has 0 aliphatic rings. The van der Waals surface area contributed by atoms with Gasteiger partial charge in [-0.1, -0.05) is 17.9 Å². The number of hydrogen-bond donors (Lipinski definition) is 2. The number of ether oxygens (including phenoxy) is 1. The van der Waals surface area contributed by atoms with Crippen molar-refractivity contribution in [2.45, 2.75) is 0 Å². The van der Waals surface area contributed by atoms with Crippen molar-refractivity contribution >= 4 is 16.9 Å². The highest BCUT2D eigenvalue weighted by Gasteiger charge is 2.14. The van der Waals surface area contributed by atoms with Crippen LogP contribution in [-0.2, 0) is 0 Å². The van der Waals surface area contributed by atoms with Crippen LogP contribution in [0.15, 0.2) is 51.7 Å². The number of phenolic OH excluding ortho intramolecular Hbond substituents is 1. The molecule has 0 saturated carbocycles. The molecule has 1 heterocycles. The monoisotopic (exact) mass is 336 g/mol. The lowest BCUT2D eigenvalue weighted by atomic mass is 10.1. The van der Waals surface area contributed by atoms with Gasteiger partial charge in [-0.2, -0.15) is 0 Å². The van der Waals surface area contributed by atoms with Crippen molar-refractivity contribution in [1.82, 2.24) is 0 Å². The lowest BCUT2D eigenvalue weighted by molar-refractivity contribution is 0.0663. The first-order valence-electron chi connectivity index (χ1n) is 7.18. The summed E-state index contributed by atoms with van der Waals surface area (Å²) in [4.78, 5) is 23.0. The molecule has 0 saturated heterocycles. The summed E-state index contributed by atoms with van der Waals surface area (Å²) >= 11 is 0. The number of carboxylic acid groups (broad SMARTS) is 1. The maximum Gasteiger partial charge on any atom is 0.371 e. The Morgan fingerprint density at radius 2 is 1.88 bits per heavy atom. The summed E-state index contributed by atoms with van der Waals surface area (Å²) in [5, 5.41) is 18.9. The summed E-state index contributed by atoms with van der Waals surface area (Å²) in [6.07, 6.45) is 0. The summed E-state index contributed by atoms with van der Waals surface area (Å²) in [7, 11) is 1.55. The van der Waals surface area contributed by atoms with Crippen molar-refractivity contribution in [2.24, 2.45) is 0 Å². The van der Waals surface area contributed by atoms with Crippen LogP contribution in [0.2, 0.25) is 0 Å². The Labute approximate surface area is 141 Å². The predicted molar refractivity (Wildman–Crippen MR) is 90.1 cm³/mol. The van der Waals surface area contributed by atoms with Crippen LogP contribution in [-0.4, -0.2) is 23.3 Å². The van der Waals surface area contributed by atoms with Gasteiger partial charge in [0.2, 0.25) is 5.76 Å². The molecule has 0 radical (unpaired) electrons. The van der Waals surface area contributed by atoms with E-state index in [9.17, 15) is 14.7 Å². The molecule has 6 heteroatoms. The molecular weight excluding hydrogens is 324 g/mol. The average molecular weight is 336 g/mol. The molecule has 0 atom stereocenters. The second kappa shape index (κ2) is 6.42. The molecule has 0 aliphatic heterocycles. The second-order valence-electron chi connectivity index (χ2n) is 5.13. The summed E-state index contributed by atoms with van der Waals surface area (Å²) in [6.45, 7) is 0. The van der Waals surface area contributed by atoms with E-state index in [4.69, 9.17) is 14.3 Å². The highest BCUT2D eigenvalue weighted by molar-refractivity contribution is 5.90. The zero-order valence-electron chi connectivity index (χ0n) is 13.1. The molecular formula is C19H12O6. The van der Waals surface area contributed by atoms with Gasteiger partial charge in [-0.05, 0) is 30.3 Å². The molecule has 2 N–H and O–H groups in total. The highest BCUT2D eigenvalue weighted by Crippen LogP contribution is 2.24. The topological polar surface area (TPSA) is 97.0 Å². The molecule has 0 bridgehead atoms. The fraction of sp³-hybridized carbons (Fsp3) is 0.0526. The fourth-order valence-corrected chi connectivity index (χ4v) is 2.29. The zero-order chi connectivity index (χ0) is 18.0. The van der Waals surface area contributed by atoms with Gasteiger partial charge in [-0.15, -0.1) is 0 Å². The van der Waals surface area contributed by atoms with Gasteiger partial charge in [-0.3, -0.25) is 4.79 Å². The normalized spacial score (nSPS) is 10.1. The van der Waals surface area contributed by atoms with E-state index in [2.05, 4.69) is 11.8 Å². The summed E-state index contributed by atoms with van der Waals surface area (Å²) in [5.74, 6) is 4.20. The van der Waals surface area contributed by atoms with Crippen LogP contribution in [0.25, 0.3) is 11.0 Å². The van der Waals surface area contributed by atoms with Gasteiger partial charge in [0.1, 0.15) is 22.5 Å². The summed E-state index contributed by atoms with van der Waals surface area (Å²) < 4.78 is 10.3. The minimum atomic E-state index is -1.37. The van der Waals surface area contributed by atoms with Crippen molar-refractivity contribution in [3.63, 3.8) is 0 Å². The molecule has 2 aromatic carbocycles. The minimum Gasteiger partial charge on any atom is -0.507 e. The molecule has 0 aliphatic carbocycles. The van der Waals surface area contributed by atoms with Gasteiger partial charge in [0, 0.05) is 17.2 Å². The first kappa shape index (κ1) is 16.1. The number of rotatable bonds is 2. The lowest BCUT2D eigenvalue weighted by Crippen LogP contribution is -2.06. The molecule has 1 aromatic heterocycles. The Morgan fingerprint density at radius 1 is 1.12 bits per heavy atom. The average Bonchev–Trinajstić information content (AvgIpc) is 2.59. The van der Waals surface area contributed by atoms with Crippen molar-refractivity contribution < 1.29 is 24.2 Å². The molecule has 124 valence electrons. The van der Waals surface area contributed by atoms with E-state index in [1.807, 2.05) is 0 Å². The van der Waals surface area contributed by atoms with Gasteiger partial charge in [0.05, 0.1) is 7.11 Å². The van der Waals surface area contributed by atoms with Crippen LogP contribution in [0.3, 0.4) is 0 Å². The second-order valence-corrected chi connectivity index (χ2v) is 5.13. The SMILES string of the molecule is COc1cccc(C#Cc2cc(O)c3c(=O)cc(C(=O)O)oc3c2)c1. The van der Waals surface area contributed by atoms with Crippen molar-refractivity contribution in [3.05, 3.63) is 69.6 Å². The molecule has 0 amide bonds. The third kappa shape index (κ3) is 3.31. The van der Waals surface area contributed by atoms with E-state index in [1.54, 1.807) is 31.4 Å². The first-order valence-corrected chi connectivity index (χ1v) is 7.18. The predicted octanol–water partition coefficient (Wildman–Crippen LogP) is 2.61. The van der Waals surface area contributed by atoms with Gasteiger partial charge in [0.15, 0.2) is 5.43 Å². The Hall–Kier alpha value is -3.72. The van der Waals surface area contributed by atoms with E-state index < -0.39 is 17.2 Å². The van der Waals surface area contributed by atoms with Crippen molar-refractivity contribution in [3.8, 4) is 23.3 Å². The van der Waals surface area contributed by atoms with Crippen LogP contribution >= 0.6 is 0 Å². The quantitative estimate of drug-likeness (QED) is 0.698. The Bertz CT molecular complexity index is 1100. The van der Waals surface area contributed by atoms with E-state index in [-0.39, 0.29) is 16.7 Å². The molecule has 0 spiro atoms. The number of methoxy groups -OCH3 is 1. The fourth-order valence-electron chi connectivity index (χ4n) is 2.29. The van der Waals surface area contributed by atoms with E-state index >= 15 is 0 Å². The molecule has 3 aromatic rings. The van der Waals surface area contributed by atoms with Crippen LogP contribution in [0.5, 0.6) is 11.5 Å². The Morgan fingerprint density at radius 3 is 2.60 bits per heavy atom. The van der Waals surface area contributed by atoms with Crippen LogP contribution < -0.4 is 10.2 Å². The summed E-state index contributed by atoms with van der Waals surface area (Å²) in [6, 6.07) is 10.7. The van der Waals surface area contributed by atoms with Gasteiger partial charge >= 0.3 is 5.97 Å². The highest BCUT2D eigenvalue weighted by atomic mass is 16.5. The molecule has 3 rings (SSSR count). The number of carboxylic acids is 1. The number of phenols is 1. The minimum absolute atomic E-state index is 0.0418. The van der Waals surface area contributed by atoms with E-state index in [0.29, 0.717) is 16.9 Å². The van der Waals surface area contributed by atoms with Crippen molar-refractivity contribution in [2.75, 3.05) is 7.11 Å². The maximum atomic E-state index is 12.0. The Kier molecular flexibility index (Phi) is 4.14. The third-order valence-electron chi connectivity index (χ3n) is 3.44. The number of aromatic carboxylic acids is 1. The van der Waals surface area contributed by atoms with Gasteiger partial charge in [0.25, 0.3) is 0 Å². The molecule has 6 nitrogen and oxygen atoms in total.